The molecule has 0 amide bonds. The van der Waals surface area contributed by atoms with Crippen molar-refractivity contribution in [3.8, 4) is 50.5 Å². The topological polar surface area (TPSA) is 21.9 Å². The van der Waals surface area contributed by atoms with Crippen LogP contribution in [0.4, 0.5) is 0 Å². The van der Waals surface area contributed by atoms with Gasteiger partial charge in [0.2, 0.25) is 0 Å². The quantitative estimate of drug-likeness (QED) is 0.150. The van der Waals surface area contributed by atoms with Crippen molar-refractivity contribution in [2.24, 2.45) is 7.05 Å². The lowest BCUT2D eigenvalue weighted by molar-refractivity contribution is -0.633. The van der Waals surface area contributed by atoms with E-state index in [9.17, 15) is 2.74 Å². The molecule has 0 aliphatic carbocycles. The molecule has 2 aromatic heterocycles. The Morgan fingerprint density at radius 1 is 0.600 bits per heavy atom. The van der Waals surface area contributed by atoms with Crippen molar-refractivity contribution in [2.75, 3.05) is 0 Å². The third kappa shape index (κ3) is 5.77. The smallest absolute Gasteiger partial charge is 0.299 e. The molecule has 0 spiro atoms. The van der Waals surface area contributed by atoms with Crippen LogP contribution in [0.5, 0.6) is 0 Å². The minimum atomic E-state index is -2.41. The number of benzene rings is 7. The number of para-hydroxylation sites is 2. The van der Waals surface area contributed by atoms with E-state index < -0.39 is 18.6 Å². The summed E-state index contributed by atoms with van der Waals surface area (Å²) in [4.78, 5) is 0. The predicted octanol–water partition coefficient (Wildman–Crippen LogP) is 13.9. The van der Waals surface area contributed by atoms with E-state index in [1.807, 2.05) is 121 Å². The van der Waals surface area contributed by atoms with E-state index in [0.29, 0.717) is 16.6 Å². The molecule has 2 heterocycles. The third-order valence-corrected chi connectivity index (χ3v) is 11.0. The molecule has 0 unspecified atom stereocenters. The Hall–Kier alpha value is -6.19. The fourth-order valence-electron chi connectivity index (χ4n) is 8.28. The number of hydrogen-bond donors (Lipinski definition) is 0. The fourth-order valence-corrected chi connectivity index (χ4v) is 8.28. The van der Waals surface area contributed by atoms with E-state index in [4.69, 9.17) is 8.53 Å². The Bertz CT molecular complexity index is 3060. The Balaban J connectivity index is 1.37. The predicted molar refractivity (Wildman–Crippen MR) is 231 cm³/mol. The van der Waals surface area contributed by atoms with Crippen LogP contribution < -0.4 is 4.57 Å². The molecule has 0 saturated heterocycles. The minimum Gasteiger partial charge on any atom is -0.455 e. The molecule has 0 radical (unpaired) electrons. The van der Waals surface area contributed by atoms with Crippen LogP contribution >= 0.6 is 0 Å². The summed E-state index contributed by atoms with van der Waals surface area (Å²) in [6, 6.07) is 49.0. The molecule has 0 fully saturated rings. The largest absolute Gasteiger partial charge is 0.455 e. The first-order valence-corrected chi connectivity index (χ1v) is 18.9. The van der Waals surface area contributed by atoms with Crippen LogP contribution in [0.25, 0.3) is 83.4 Å². The maximum Gasteiger partial charge on any atom is 0.299 e. The van der Waals surface area contributed by atoms with Crippen molar-refractivity contribution in [1.29, 1.82) is 0 Å². The van der Waals surface area contributed by atoms with Gasteiger partial charge in [0.05, 0.1) is 7.05 Å². The summed E-state index contributed by atoms with van der Waals surface area (Å²) < 4.78 is 56.8. The molecule has 0 atom stereocenters. The molecule has 3 heteroatoms. The van der Waals surface area contributed by atoms with Gasteiger partial charge in [-0.1, -0.05) is 137 Å². The van der Waals surface area contributed by atoms with Gasteiger partial charge in [0.15, 0.2) is 16.6 Å². The molecule has 55 heavy (non-hydrogen) atoms. The summed E-state index contributed by atoms with van der Waals surface area (Å²) in [6.07, 6.45) is 0. The molecule has 0 aliphatic rings. The minimum absolute atomic E-state index is 0.235. The van der Waals surface area contributed by atoms with Gasteiger partial charge in [0.25, 0.3) is 5.82 Å². The van der Waals surface area contributed by atoms with E-state index in [0.717, 1.165) is 83.6 Å². The number of nitrogens with zero attached hydrogens (tertiary/aromatic N) is 2. The van der Waals surface area contributed by atoms with Crippen LogP contribution in [-0.2, 0) is 7.05 Å². The zero-order valence-corrected chi connectivity index (χ0v) is 32.2. The second-order valence-electron chi connectivity index (χ2n) is 15.1. The monoisotopic (exact) mass is 720 g/mol. The van der Waals surface area contributed by atoms with Gasteiger partial charge in [-0.05, 0) is 106 Å². The van der Waals surface area contributed by atoms with Crippen LogP contribution in [0.1, 0.15) is 68.6 Å². The van der Waals surface area contributed by atoms with E-state index in [-0.39, 0.29) is 5.56 Å². The standard InChI is InChI=1S/C52H47N2O/c1-32(2)43-29-41(39-24-22-38(23-25-39)36-16-10-8-11-17-36)30-44(33(3)4)50(43)54-46-21-15-14-20-45(46)53(7)52(54)49-35(6)28-34(5)48-42-27-26-40(31-47(42)55-51(48)49)37-18-12-9-13-19-37/h8-33H,1-7H3/q+1/i5D3,32D,33D. The van der Waals surface area contributed by atoms with Gasteiger partial charge >= 0.3 is 0 Å². The Kier molecular flexibility index (Phi) is 7.21. The summed E-state index contributed by atoms with van der Waals surface area (Å²) in [5.74, 6) is -1.44. The highest BCUT2D eigenvalue weighted by atomic mass is 16.3. The first-order chi connectivity index (χ1) is 28.5. The summed E-state index contributed by atoms with van der Waals surface area (Å²) in [6.45, 7) is 7.14. The zero-order chi connectivity index (χ0) is 42.3. The van der Waals surface area contributed by atoms with Crippen LogP contribution in [0, 0.1) is 13.8 Å². The average Bonchev–Trinajstić information content (AvgIpc) is 3.74. The molecule has 0 N–H and O–H groups in total. The van der Waals surface area contributed by atoms with E-state index in [2.05, 4.69) is 69.8 Å². The van der Waals surface area contributed by atoms with Gasteiger partial charge in [-0.25, -0.2) is 4.57 Å². The number of furan rings is 1. The first kappa shape index (κ1) is 29.2. The van der Waals surface area contributed by atoms with Gasteiger partial charge < -0.3 is 4.42 Å². The number of hydrogen-bond acceptors (Lipinski definition) is 1. The normalized spacial score (nSPS) is 13.8. The third-order valence-electron chi connectivity index (χ3n) is 11.0. The van der Waals surface area contributed by atoms with Crippen LogP contribution in [0.3, 0.4) is 0 Å². The van der Waals surface area contributed by atoms with E-state index in [1.165, 1.54) is 0 Å². The highest BCUT2D eigenvalue weighted by Crippen LogP contribution is 2.44. The lowest BCUT2D eigenvalue weighted by Crippen LogP contribution is -2.30. The van der Waals surface area contributed by atoms with Crippen molar-refractivity contribution >= 4 is 33.0 Å². The van der Waals surface area contributed by atoms with Crippen molar-refractivity contribution < 1.29 is 15.8 Å². The molecule has 0 aliphatic heterocycles. The van der Waals surface area contributed by atoms with Crippen molar-refractivity contribution in [3.05, 3.63) is 168 Å². The molecule has 3 nitrogen and oxygen atoms in total. The molecule has 0 bridgehead atoms. The SMILES string of the molecule is [2H]C([2H])([2H])c1cc(C)c(-c2n(-c3c(C([2H])(C)C)cc(-c4ccc(-c5ccccc5)cc4)cc3C([2H])(C)C)c3ccccc3[n+]2C)c2oc3cc(-c4ccccc4)ccc3c12. The summed E-state index contributed by atoms with van der Waals surface area (Å²) >= 11 is 0. The highest BCUT2D eigenvalue weighted by molar-refractivity contribution is 6.12. The summed E-state index contributed by atoms with van der Waals surface area (Å²) in [5, 5.41) is 1.28. The number of imidazole rings is 1. The van der Waals surface area contributed by atoms with Crippen molar-refractivity contribution in [3.63, 3.8) is 0 Å². The maximum absolute atomic E-state index is 9.73. The summed E-state index contributed by atoms with van der Waals surface area (Å²) in [5.41, 5.74) is 13.1. The van der Waals surface area contributed by atoms with Gasteiger partial charge in [-0.3, -0.25) is 0 Å². The molecule has 9 aromatic rings. The Morgan fingerprint density at radius 2 is 1.15 bits per heavy atom. The second kappa shape index (κ2) is 13.6. The number of rotatable bonds is 7. The van der Waals surface area contributed by atoms with Crippen LogP contribution in [-0.4, -0.2) is 4.57 Å². The van der Waals surface area contributed by atoms with Gasteiger partial charge in [-0.15, -0.1) is 0 Å². The lowest BCUT2D eigenvalue weighted by atomic mass is 9.87. The molecule has 270 valence electrons. The first-order valence-electron chi connectivity index (χ1n) is 21.4. The van der Waals surface area contributed by atoms with Gasteiger partial charge in [0, 0.05) is 28.8 Å². The fraction of sp³-hybridized carbons (Fsp3) is 0.173. The Labute approximate surface area is 331 Å². The Morgan fingerprint density at radius 3 is 1.76 bits per heavy atom. The number of fused-ring (bicyclic) bond motifs is 4. The van der Waals surface area contributed by atoms with E-state index in [1.54, 1.807) is 6.07 Å². The summed E-state index contributed by atoms with van der Waals surface area (Å²) in [7, 11) is 2.02. The van der Waals surface area contributed by atoms with Gasteiger partial charge in [0.1, 0.15) is 16.8 Å². The van der Waals surface area contributed by atoms with Crippen molar-refractivity contribution in [1.82, 2.24) is 4.57 Å². The molecular weight excluding hydrogens is 669 g/mol. The lowest BCUT2D eigenvalue weighted by Gasteiger charge is -2.21. The second-order valence-corrected chi connectivity index (χ2v) is 15.1. The van der Waals surface area contributed by atoms with E-state index >= 15 is 0 Å². The van der Waals surface area contributed by atoms with Crippen molar-refractivity contribution in [2.45, 2.75) is 53.3 Å². The highest BCUT2D eigenvalue weighted by Gasteiger charge is 2.34. The van der Waals surface area contributed by atoms with Gasteiger partial charge in [-0.2, -0.15) is 4.57 Å². The molecule has 0 saturated carbocycles. The number of aryl methyl sites for hydroxylation is 3. The molecular formula is C52H47N2O+. The maximum atomic E-state index is 9.73. The number of aromatic nitrogens is 2. The van der Waals surface area contributed by atoms with Crippen LogP contribution in [0.2, 0.25) is 0 Å². The molecule has 9 rings (SSSR count). The molecule has 7 aromatic carbocycles. The van der Waals surface area contributed by atoms with Crippen LogP contribution in [0.15, 0.2) is 150 Å². The zero-order valence-electron chi connectivity index (χ0n) is 37.2. The average molecular weight is 721 g/mol.